The van der Waals surface area contributed by atoms with Gasteiger partial charge in [0, 0.05) is 5.41 Å². The highest BCUT2D eigenvalue weighted by atomic mass is 32.2. The summed E-state index contributed by atoms with van der Waals surface area (Å²) in [6.45, 7) is 1.96. The SMILES string of the molecule is C[C@]12CCC3c4ccc(O)cc4CCC3C1CC[C@@H]2OC(=O)C(F)(F)S(N)(=O)=O. The maximum atomic E-state index is 13.8. The summed E-state index contributed by atoms with van der Waals surface area (Å²) in [4.78, 5) is 11.9. The fourth-order valence-electron chi connectivity index (χ4n) is 6.03. The molecule has 2 fully saturated rings. The third kappa shape index (κ3) is 3.13. The van der Waals surface area contributed by atoms with E-state index in [9.17, 15) is 27.1 Å². The Kier molecular flexibility index (Phi) is 4.70. The molecular weight excluding hydrogens is 404 g/mol. The van der Waals surface area contributed by atoms with Gasteiger partial charge in [0.15, 0.2) is 0 Å². The Morgan fingerprint density at radius 1 is 1.28 bits per heavy atom. The van der Waals surface area contributed by atoms with Gasteiger partial charge in [0.25, 0.3) is 10.0 Å². The molecule has 0 aromatic heterocycles. The highest BCUT2D eigenvalue weighted by molar-refractivity contribution is 7.91. The van der Waals surface area contributed by atoms with Crippen LogP contribution in [0.5, 0.6) is 5.75 Å². The Labute approximate surface area is 168 Å². The molecule has 0 spiro atoms. The van der Waals surface area contributed by atoms with E-state index in [4.69, 9.17) is 4.74 Å². The van der Waals surface area contributed by atoms with Gasteiger partial charge in [-0.15, -0.1) is 0 Å². The molecule has 160 valence electrons. The molecule has 0 amide bonds. The largest absolute Gasteiger partial charge is 0.508 e. The highest BCUT2D eigenvalue weighted by Crippen LogP contribution is 2.61. The smallest absolute Gasteiger partial charge is 0.454 e. The summed E-state index contributed by atoms with van der Waals surface area (Å²) in [5, 5.41) is 9.51. The lowest BCUT2D eigenvalue weighted by molar-refractivity contribution is -0.174. The molecule has 1 aromatic carbocycles. The Morgan fingerprint density at radius 3 is 2.69 bits per heavy atom. The van der Waals surface area contributed by atoms with Crippen molar-refractivity contribution in [2.24, 2.45) is 22.4 Å². The van der Waals surface area contributed by atoms with Gasteiger partial charge in [-0.1, -0.05) is 13.0 Å². The molecule has 3 aliphatic rings. The molecule has 0 bridgehead atoms. The fourth-order valence-corrected chi connectivity index (χ4v) is 6.31. The number of ether oxygens (including phenoxy) is 1. The number of halogens is 2. The number of primary sulfonamides is 1. The molecule has 6 nitrogen and oxygen atoms in total. The summed E-state index contributed by atoms with van der Waals surface area (Å²) in [6.07, 6.45) is 3.70. The second-order valence-corrected chi connectivity index (χ2v) is 10.5. The number of phenolic OH excluding ortho intramolecular Hbond substituents is 1. The van der Waals surface area contributed by atoms with Crippen LogP contribution in [0, 0.1) is 17.3 Å². The Hall–Kier alpha value is -1.74. The fraction of sp³-hybridized carbons (Fsp3) is 0.650. The number of fused-ring (bicyclic) bond motifs is 5. The van der Waals surface area contributed by atoms with Gasteiger partial charge in [0.1, 0.15) is 11.9 Å². The summed E-state index contributed by atoms with van der Waals surface area (Å²) in [5.41, 5.74) is 1.92. The predicted molar refractivity (Wildman–Crippen MR) is 101 cm³/mol. The van der Waals surface area contributed by atoms with E-state index in [0.29, 0.717) is 24.7 Å². The van der Waals surface area contributed by atoms with E-state index < -0.39 is 32.8 Å². The molecule has 3 N–H and O–H groups in total. The van der Waals surface area contributed by atoms with E-state index in [-0.39, 0.29) is 11.7 Å². The van der Waals surface area contributed by atoms with E-state index >= 15 is 0 Å². The first-order valence-corrected chi connectivity index (χ1v) is 11.4. The molecule has 0 heterocycles. The third-order valence-corrected chi connectivity index (χ3v) is 8.35. The van der Waals surface area contributed by atoms with E-state index in [1.54, 1.807) is 6.07 Å². The normalized spacial score (nSPS) is 34.1. The van der Waals surface area contributed by atoms with Gasteiger partial charge in [0.2, 0.25) is 0 Å². The number of hydrogen-bond acceptors (Lipinski definition) is 5. The number of hydrogen-bond donors (Lipinski definition) is 2. The number of carbonyl (C=O) groups is 1. The zero-order valence-corrected chi connectivity index (χ0v) is 16.9. The van der Waals surface area contributed by atoms with Gasteiger partial charge in [0.05, 0.1) is 0 Å². The van der Waals surface area contributed by atoms with Crippen molar-refractivity contribution in [3.05, 3.63) is 29.3 Å². The van der Waals surface area contributed by atoms with Crippen LogP contribution in [0.2, 0.25) is 0 Å². The summed E-state index contributed by atoms with van der Waals surface area (Å²) < 4.78 is 54.8. The number of esters is 1. The number of carbonyl (C=O) groups excluding carboxylic acids is 1. The van der Waals surface area contributed by atoms with E-state index in [0.717, 1.165) is 31.2 Å². The van der Waals surface area contributed by atoms with Crippen molar-refractivity contribution in [1.29, 1.82) is 0 Å². The maximum Gasteiger partial charge on any atom is 0.454 e. The lowest BCUT2D eigenvalue weighted by Gasteiger charge is -2.50. The minimum atomic E-state index is -5.38. The summed E-state index contributed by atoms with van der Waals surface area (Å²) in [7, 11) is -5.38. The number of benzene rings is 1. The Balaban J connectivity index is 1.56. The van der Waals surface area contributed by atoms with E-state index in [2.05, 4.69) is 5.14 Å². The Morgan fingerprint density at radius 2 is 2.00 bits per heavy atom. The van der Waals surface area contributed by atoms with E-state index in [1.807, 2.05) is 19.1 Å². The molecule has 1 aromatic rings. The summed E-state index contributed by atoms with van der Waals surface area (Å²) >= 11 is 0. The first kappa shape index (κ1) is 20.5. The number of aryl methyl sites for hydroxylation is 1. The van der Waals surface area contributed by atoms with Gasteiger partial charge < -0.3 is 9.84 Å². The number of phenols is 1. The molecule has 3 aliphatic carbocycles. The molecule has 0 saturated heterocycles. The second-order valence-electron chi connectivity index (χ2n) is 8.88. The minimum absolute atomic E-state index is 0.198. The van der Waals surface area contributed by atoms with Gasteiger partial charge in [-0.3, -0.25) is 0 Å². The van der Waals surface area contributed by atoms with Crippen molar-refractivity contribution < 1.29 is 31.8 Å². The molecule has 9 heteroatoms. The third-order valence-electron chi connectivity index (χ3n) is 7.47. The van der Waals surface area contributed by atoms with Gasteiger partial charge >= 0.3 is 11.2 Å². The monoisotopic (exact) mass is 429 g/mol. The molecule has 5 atom stereocenters. The van der Waals surface area contributed by atoms with Crippen LogP contribution in [-0.2, 0) is 26.0 Å². The van der Waals surface area contributed by atoms with Crippen molar-refractivity contribution in [1.82, 2.24) is 0 Å². The average Bonchev–Trinajstić information content (AvgIpc) is 2.96. The zero-order valence-electron chi connectivity index (χ0n) is 16.1. The van der Waals surface area contributed by atoms with Crippen LogP contribution in [0.25, 0.3) is 0 Å². The maximum absolute atomic E-state index is 13.8. The molecule has 4 rings (SSSR count). The van der Waals surface area contributed by atoms with Gasteiger partial charge in [-0.2, -0.15) is 8.78 Å². The quantitative estimate of drug-likeness (QED) is 0.719. The molecule has 3 unspecified atom stereocenters. The van der Waals surface area contributed by atoms with Crippen molar-refractivity contribution in [2.45, 2.75) is 62.7 Å². The molecular formula is C20H25F2NO5S. The van der Waals surface area contributed by atoms with Crippen molar-refractivity contribution in [2.75, 3.05) is 0 Å². The Bertz CT molecular complexity index is 950. The summed E-state index contributed by atoms with van der Waals surface area (Å²) in [6, 6.07) is 5.49. The van der Waals surface area contributed by atoms with Crippen LogP contribution in [-0.4, -0.2) is 30.9 Å². The van der Waals surface area contributed by atoms with Crippen molar-refractivity contribution >= 4 is 16.0 Å². The predicted octanol–water partition coefficient (Wildman–Crippen LogP) is 3.04. The summed E-state index contributed by atoms with van der Waals surface area (Å²) in [5.74, 6) is -0.958. The molecule has 0 aliphatic heterocycles. The number of sulfonamides is 1. The zero-order chi connectivity index (χ0) is 21.2. The second kappa shape index (κ2) is 6.63. The number of nitrogens with two attached hydrogens (primary N) is 1. The van der Waals surface area contributed by atoms with Gasteiger partial charge in [-0.05, 0) is 79.5 Å². The van der Waals surface area contributed by atoms with Crippen LogP contribution in [0.3, 0.4) is 0 Å². The first-order valence-electron chi connectivity index (χ1n) is 9.88. The lowest BCUT2D eigenvalue weighted by atomic mass is 9.55. The molecule has 29 heavy (non-hydrogen) atoms. The van der Waals surface area contributed by atoms with Gasteiger partial charge in [-0.25, -0.2) is 18.4 Å². The minimum Gasteiger partial charge on any atom is -0.508 e. The highest BCUT2D eigenvalue weighted by Gasteiger charge is 2.59. The number of alkyl halides is 2. The number of rotatable bonds is 3. The average molecular weight is 429 g/mol. The molecule has 2 saturated carbocycles. The van der Waals surface area contributed by atoms with Crippen LogP contribution in [0.15, 0.2) is 18.2 Å². The van der Waals surface area contributed by atoms with Crippen LogP contribution < -0.4 is 5.14 Å². The van der Waals surface area contributed by atoms with Crippen LogP contribution in [0.4, 0.5) is 8.78 Å². The van der Waals surface area contributed by atoms with Crippen LogP contribution in [0.1, 0.15) is 56.1 Å². The van der Waals surface area contributed by atoms with Crippen molar-refractivity contribution in [3.63, 3.8) is 0 Å². The number of aromatic hydroxyl groups is 1. The van der Waals surface area contributed by atoms with E-state index in [1.165, 1.54) is 5.56 Å². The van der Waals surface area contributed by atoms with Crippen molar-refractivity contribution in [3.8, 4) is 5.75 Å². The standard InChI is InChI=1S/C20H25F2NO5S/c1-19-9-8-14-13-5-3-12(24)10-11(13)2-4-15(14)16(19)6-7-17(19)28-18(25)20(21,22)29(23,26)27/h3,5,10,14-17,24H,2,4,6-9H2,1H3,(H2,23,26,27)/t14?,15?,16?,17-,19-/m0/s1. The topological polar surface area (TPSA) is 107 Å². The lowest BCUT2D eigenvalue weighted by Crippen LogP contribution is -2.49. The molecule has 0 radical (unpaired) electrons. The van der Waals surface area contributed by atoms with Crippen LogP contribution >= 0.6 is 0 Å². The first-order chi connectivity index (χ1) is 13.4.